The van der Waals surface area contributed by atoms with Crippen LogP contribution in [0.4, 0.5) is 16.2 Å². The van der Waals surface area contributed by atoms with Gasteiger partial charge in [-0.05, 0) is 55.5 Å². The average molecular weight is 472 g/mol. The Bertz CT molecular complexity index is 1110. The van der Waals surface area contributed by atoms with Crippen molar-refractivity contribution in [2.45, 2.75) is 52.6 Å². The van der Waals surface area contributed by atoms with Crippen molar-refractivity contribution in [2.24, 2.45) is 16.3 Å². The first-order valence-corrected chi connectivity index (χ1v) is 11.6. The van der Waals surface area contributed by atoms with Crippen LogP contribution in [-0.2, 0) is 4.79 Å². The molecule has 1 fully saturated rings. The minimum Gasteiger partial charge on any atom is -0.335 e. The SMILES string of the molecule is CC(C)NC(=O)N1c2ccccc2N=C2CC(C)(C)CC(=O)C2C1c1ccc(Cl)cc1Cl. The number of urea groups is 1. The Morgan fingerprint density at radius 1 is 1.16 bits per heavy atom. The van der Waals surface area contributed by atoms with Crippen LogP contribution in [0.1, 0.15) is 52.1 Å². The van der Waals surface area contributed by atoms with Crippen molar-refractivity contribution in [3.63, 3.8) is 0 Å². The summed E-state index contributed by atoms with van der Waals surface area (Å²) < 4.78 is 0. The molecule has 0 saturated heterocycles. The largest absolute Gasteiger partial charge is 0.335 e. The van der Waals surface area contributed by atoms with Gasteiger partial charge in [0.15, 0.2) is 0 Å². The number of nitrogens with one attached hydrogen (secondary N) is 1. The lowest BCUT2D eigenvalue weighted by Crippen LogP contribution is -2.51. The van der Waals surface area contributed by atoms with Crippen LogP contribution in [0.15, 0.2) is 47.5 Å². The number of para-hydroxylation sites is 2. The second-order valence-corrected chi connectivity index (χ2v) is 10.5. The molecule has 168 valence electrons. The van der Waals surface area contributed by atoms with Crippen molar-refractivity contribution >= 4 is 52.1 Å². The predicted octanol–water partition coefficient (Wildman–Crippen LogP) is 6.75. The van der Waals surface area contributed by atoms with Crippen molar-refractivity contribution in [3.05, 3.63) is 58.1 Å². The van der Waals surface area contributed by atoms with Crippen molar-refractivity contribution in [1.82, 2.24) is 5.32 Å². The number of aliphatic imine (C=N–C) groups is 1. The second kappa shape index (κ2) is 8.53. The van der Waals surface area contributed by atoms with Gasteiger partial charge in [-0.2, -0.15) is 0 Å². The van der Waals surface area contributed by atoms with E-state index in [1.54, 1.807) is 17.0 Å². The molecule has 0 aromatic heterocycles. The highest BCUT2D eigenvalue weighted by Crippen LogP contribution is 2.49. The van der Waals surface area contributed by atoms with Gasteiger partial charge in [-0.25, -0.2) is 4.79 Å². The Labute approximate surface area is 198 Å². The van der Waals surface area contributed by atoms with Crippen LogP contribution in [0.25, 0.3) is 0 Å². The van der Waals surface area contributed by atoms with Crippen LogP contribution in [0, 0.1) is 11.3 Å². The fourth-order valence-electron chi connectivity index (χ4n) is 4.73. The fourth-order valence-corrected chi connectivity index (χ4v) is 5.25. The lowest BCUT2D eigenvalue weighted by atomic mass is 9.68. The summed E-state index contributed by atoms with van der Waals surface area (Å²) in [4.78, 5) is 33.8. The van der Waals surface area contributed by atoms with Gasteiger partial charge in [-0.3, -0.25) is 14.7 Å². The van der Waals surface area contributed by atoms with Gasteiger partial charge in [0.2, 0.25) is 0 Å². The Balaban J connectivity index is 1.99. The minimum absolute atomic E-state index is 0.0613. The summed E-state index contributed by atoms with van der Waals surface area (Å²) in [6.45, 7) is 7.96. The number of Topliss-reactive ketones (excluding diaryl/α,β-unsaturated/α-hetero) is 1. The minimum atomic E-state index is -0.635. The maximum atomic E-state index is 13.6. The van der Waals surface area contributed by atoms with Crippen LogP contribution in [0.3, 0.4) is 0 Å². The number of fused-ring (bicyclic) bond motifs is 2. The van der Waals surface area contributed by atoms with Crippen molar-refractivity contribution in [1.29, 1.82) is 0 Å². The molecule has 1 aliphatic carbocycles. The zero-order valence-corrected chi connectivity index (χ0v) is 20.2. The standard InChI is InChI=1S/C25H27Cl2N3O2/c1-14(2)28-24(32)30-20-8-6-5-7-18(20)29-19-12-25(3,4)13-21(31)22(19)23(30)16-10-9-15(26)11-17(16)27/h5-11,14,22-23H,12-13H2,1-4H3,(H,28,32). The van der Waals surface area contributed by atoms with Gasteiger partial charge in [0, 0.05) is 28.2 Å². The Morgan fingerprint density at radius 3 is 2.56 bits per heavy atom. The van der Waals surface area contributed by atoms with Crippen molar-refractivity contribution < 1.29 is 9.59 Å². The zero-order chi connectivity index (χ0) is 23.2. The van der Waals surface area contributed by atoms with Gasteiger partial charge in [-0.15, -0.1) is 0 Å². The molecule has 1 aliphatic heterocycles. The van der Waals surface area contributed by atoms with Gasteiger partial charge in [0.05, 0.1) is 23.3 Å². The van der Waals surface area contributed by atoms with E-state index in [4.69, 9.17) is 28.2 Å². The molecular weight excluding hydrogens is 445 g/mol. The van der Waals surface area contributed by atoms with Crippen LogP contribution < -0.4 is 10.2 Å². The third kappa shape index (κ3) is 4.28. The Hall–Kier alpha value is -2.37. The molecule has 1 heterocycles. The summed E-state index contributed by atoms with van der Waals surface area (Å²) >= 11 is 12.8. The number of carbonyl (C=O) groups excluding carboxylic acids is 2. The number of hydrogen-bond donors (Lipinski definition) is 1. The molecule has 2 amide bonds. The normalized spacial score (nSPS) is 22.0. The number of nitrogens with zero attached hydrogens (tertiary/aromatic N) is 2. The lowest BCUT2D eigenvalue weighted by Gasteiger charge is -2.41. The van der Waals surface area contributed by atoms with Gasteiger partial charge >= 0.3 is 6.03 Å². The second-order valence-electron chi connectivity index (χ2n) is 9.64. The number of carbonyl (C=O) groups is 2. The monoisotopic (exact) mass is 471 g/mol. The summed E-state index contributed by atoms with van der Waals surface area (Å²) in [5.41, 5.74) is 2.58. The van der Waals surface area contributed by atoms with Crippen LogP contribution in [0.5, 0.6) is 0 Å². The predicted molar refractivity (Wildman–Crippen MR) is 130 cm³/mol. The molecule has 2 aliphatic rings. The fraction of sp³-hybridized carbons (Fsp3) is 0.400. The highest BCUT2D eigenvalue weighted by atomic mass is 35.5. The molecule has 2 unspecified atom stereocenters. The van der Waals surface area contributed by atoms with E-state index in [1.807, 2.05) is 44.2 Å². The van der Waals surface area contributed by atoms with Gasteiger partial charge in [-0.1, -0.05) is 55.2 Å². The molecule has 5 nitrogen and oxygen atoms in total. The van der Waals surface area contributed by atoms with E-state index in [2.05, 4.69) is 19.2 Å². The highest BCUT2D eigenvalue weighted by molar-refractivity contribution is 6.35. The Kier molecular flexibility index (Phi) is 6.08. The highest BCUT2D eigenvalue weighted by Gasteiger charge is 2.48. The number of amides is 2. The molecule has 4 rings (SSSR count). The smallest absolute Gasteiger partial charge is 0.322 e. The molecule has 7 heteroatoms. The first-order valence-electron chi connectivity index (χ1n) is 10.8. The summed E-state index contributed by atoms with van der Waals surface area (Å²) in [5.74, 6) is -0.529. The van der Waals surface area contributed by atoms with E-state index in [0.29, 0.717) is 39.8 Å². The van der Waals surface area contributed by atoms with E-state index < -0.39 is 12.0 Å². The number of rotatable bonds is 2. The number of ketones is 1. The van der Waals surface area contributed by atoms with E-state index >= 15 is 0 Å². The number of anilines is 1. The molecule has 1 N–H and O–H groups in total. The quantitative estimate of drug-likeness (QED) is 0.526. The molecule has 2 aromatic carbocycles. The van der Waals surface area contributed by atoms with E-state index in [1.165, 1.54) is 0 Å². The zero-order valence-electron chi connectivity index (χ0n) is 18.7. The molecular formula is C25H27Cl2N3O2. The van der Waals surface area contributed by atoms with E-state index in [9.17, 15) is 9.59 Å². The first kappa shape index (κ1) is 22.8. The third-order valence-corrected chi connectivity index (χ3v) is 6.49. The molecule has 0 bridgehead atoms. The third-order valence-electron chi connectivity index (χ3n) is 5.93. The van der Waals surface area contributed by atoms with Gasteiger partial charge < -0.3 is 5.32 Å². The molecule has 2 atom stereocenters. The molecule has 2 aromatic rings. The van der Waals surface area contributed by atoms with Gasteiger partial charge in [0.25, 0.3) is 0 Å². The van der Waals surface area contributed by atoms with Crippen LogP contribution in [0.2, 0.25) is 10.0 Å². The maximum Gasteiger partial charge on any atom is 0.322 e. The van der Waals surface area contributed by atoms with E-state index in [-0.39, 0.29) is 23.3 Å². The molecule has 32 heavy (non-hydrogen) atoms. The first-order chi connectivity index (χ1) is 15.1. The van der Waals surface area contributed by atoms with Gasteiger partial charge in [0.1, 0.15) is 5.78 Å². The van der Waals surface area contributed by atoms with Crippen molar-refractivity contribution in [3.8, 4) is 0 Å². The summed E-state index contributed by atoms with van der Waals surface area (Å²) in [6, 6.07) is 11.7. The summed E-state index contributed by atoms with van der Waals surface area (Å²) in [6.07, 6.45) is 1.08. The number of halogens is 2. The maximum absolute atomic E-state index is 13.6. The summed E-state index contributed by atoms with van der Waals surface area (Å²) in [7, 11) is 0. The average Bonchev–Trinajstić information content (AvgIpc) is 2.80. The lowest BCUT2D eigenvalue weighted by molar-refractivity contribution is -0.124. The molecule has 1 saturated carbocycles. The molecule has 0 radical (unpaired) electrons. The van der Waals surface area contributed by atoms with Crippen molar-refractivity contribution in [2.75, 3.05) is 4.90 Å². The van der Waals surface area contributed by atoms with Crippen LogP contribution in [-0.4, -0.2) is 23.6 Å². The summed E-state index contributed by atoms with van der Waals surface area (Å²) in [5, 5.41) is 3.91. The van der Waals surface area contributed by atoms with E-state index in [0.717, 1.165) is 5.71 Å². The number of benzene rings is 2. The topological polar surface area (TPSA) is 61.8 Å². The van der Waals surface area contributed by atoms with Crippen LogP contribution >= 0.6 is 23.2 Å². The Morgan fingerprint density at radius 2 is 1.88 bits per heavy atom. The number of hydrogen-bond acceptors (Lipinski definition) is 3. The molecule has 0 spiro atoms.